The van der Waals surface area contributed by atoms with Gasteiger partial charge >= 0.3 is 19.1 Å². The van der Waals surface area contributed by atoms with Gasteiger partial charge in [-0.1, -0.05) is 12.1 Å². The summed E-state index contributed by atoms with van der Waals surface area (Å²) in [5.41, 5.74) is 4.77. The Morgan fingerprint density at radius 3 is 2.68 bits per heavy atom. The van der Waals surface area contributed by atoms with E-state index in [4.69, 9.17) is 5.02 Å². The molecule has 1 amide bonds. The predicted molar refractivity (Wildman–Crippen MR) is 64.9 cm³/mol. The number of hydrazine groups is 1. The van der Waals surface area contributed by atoms with Gasteiger partial charge in [0.05, 0.1) is 5.69 Å². The highest BCUT2D eigenvalue weighted by molar-refractivity contribution is 6.45. The lowest BCUT2D eigenvalue weighted by Crippen LogP contribution is -2.40. The van der Waals surface area contributed by atoms with Gasteiger partial charge in [-0.15, -0.1) is 0 Å². The predicted octanol–water partition coefficient (Wildman–Crippen LogP) is 0.892. The summed E-state index contributed by atoms with van der Waals surface area (Å²) >= 11 is 0. The fraction of sp³-hybridized carbons (Fsp3) is 0.300. The van der Waals surface area contributed by atoms with Crippen molar-refractivity contribution in [2.24, 2.45) is 0 Å². The molecule has 1 aromatic rings. The molecule has 0 fully saturated rings. The Balaban J connectivity index is 2.55. The average Bonchev–Trinajstić information content (AvgIpc) is 2.32. The van der Waals surface area contributed by atoms with E-state index >= 15 is 0 Å². The monoisotopic (exact) mass is 275 g/mol. The first kappa shape index (κ1) is 15.3. The quantitative estimate of drug-likeness (QED) is 0.475. The minimum absolute atomic E-state index is 0.308. The molecule has 5 nitrogen and oxygen atoms in total. The van der Waals surface area contributed by atoms with Crippen LogP contribution in [0.4, 0.5) is 18.9 Å². The second kappa shape index (κ2) is 6.44. The molecule has 0 aliphatic rings. The third-order valence-electron chi connectivity index (χ3n) is 2.11. The molecule has 9 heteroatoms. The van der Waals surface area contributed by atoms with Crippen molar-refractivity contribution in [1.29, 1.82) is 0 Å². The number of nitrogens with one attached hydrogen (secondary N) is 3. The van der Waals surface area contributed by atoms with E-state index in [9.17, 15) is 18.0 Å². The lowest BCUT2D eigenvalue weighted by atomic mass is 9.88. The molecule has 0 spiro atoms. The summed E-state index contributed by atoms with van der Waals surface area (Å²) in [6.07, 6.45) is -4.93. The number of carbonyl (C=O) groups excluding carboxylic acids is 1. The van der Waals surface area contributed by atoms with Crippen molar-refractivity contribution in [2.75, 3.05) is 5.43 Å². The third kappa shape index (κ3) is 5.62. The van der Waals surface area contributed by atoms with Crippen molar-refractivity contribution < 1.29 is 23.0 Å². The minimum Gasteiger partial charge on any atom is -0.437 e. The van der Waals surface area contributed by atoms with Gasteiger partial charge in [0.2, 0.25) is 0 Å². The van der Waals surface area contributed by atoms with E-state index < -0.39 is 19.1 Å². The van der Waals surface area contributed by atoms with Gasteiger partial charge in [0, 0.05) is 6.54 Å². The van der Waals surface area contributed by atoms with Crippen molar-refractivity contribution in [3.63, 3.8) is 0 Å². The molecule has 0 saturated carbocycles. The fourth-order valence-corrected chi connectivity index (χ4v) is 1.22. The van der Waals surface area contributed by atoms with Crippen molar-refractivity contribution >= 4 is 18.6 Å². The molecule has 1 rings (SSSR count). The van der Waals surface area contributed by atoms with Crippen LogP contribution in [0.1, 0.15) is 5.56 Å². The molecule has 0 aliphatic heterocycles. The standard InChI is InChI=1S/C10H13BF3N3O2/c1-11(19)15-6-7-3-2-4-8(5-7)16-17-9(18)10(12,13)14/h2-5,15-16,19H,6H2,1H3,(H,17,18). The molecule has 0 radical (unpaired) electrons. The van der Waals surface area contributed by atoms with E-state index in [1.54, 1.807) is 30.4 Å². The van der Waals surface area contributed by atoms with Gasteiger partial charge in [0.1, 0.15) is 0 Å². The third-order valence-corrected chi connectivity index (χ3v) is 2.11. The van der Waals surface area contributed by atoms with Gasteiger partial charge in [0.25, 0.3) is 0 Å². The van der Waals surface area contributed by atoms with Crippen LogP contribution in [0.15, 0.2) is 24.3 Å². The van der Waals surface area contributed by atoms with Gasteiger partial charge in [-0.25, -0.2) is 0 Å². The lowest BCUT2D eigenvalue weighted by molar-refractivity contribution is -0.173. The second-order valence-electron chi connectivity index (χ2n) is 3.83. The Morgan fingerprint density at radius 1 is 1.42 bits per heavy atom. The van der Waals surface area contributed by atoms with Gasteiger partial charge in [-0.2, -0.15) is 13.2 Å². The Morgan fingerprint density at radius 2 is 2.11 bits per heavy atom. The molecular weight excluding hydrogens is 262 g/mol. The topological polar surface area (TPSA) is 73.4 Å². The molecule has 0 aromatic heterocycles. The molecule has 0 atom stereocenters. The first-order chi connectivity index (χ1) is 8.79. The number of hydrogen-bond acceptors (Lipinski definition) is 4. The molecule has 4 N–H and O–H groups in total. The Kier molecular flexibility index (Phi) is 5.19. The summed E-state index contributed by atoms with van der Waals surface area (Å²) in [6.45, 7) is 1.89. The zero-order valence-corrected chi connectivity index (χ0v) is 10.1. The van der Waals surface area contributed by atoms with Crippen molar-refractivity contribution in [3.05, 3.63) is 29.8 Å². The van der Waals surface area contributed by atoms with Gasteiger partial charge in [-0.05, 0) is 24.5 Å². The normalized spacial score (nSPS) is 11.0. The number of hydrogen-bond donors (Lipinski definition) is 4. The number of anilines is 1. The number of rotatable bonds is 5. The second-order valence-corrected chi connectivity index (χ2v) is 3.83. The maximum atomic E-state index is 12.0. The van der Waals surface area contributed by atoms with Crippen molar-refractivity contribution in [1.82, 2.24) is 10.7 Å². The van der Waals surface area contributed by atoms with E-state index in [0.29, 0.717) is 12.2 Å². The zero-order valence-electron chi connectivity index (χ0n) is 10.1. The van der Waals surface area contributed by atoms with E-state index in [-0.39, 0.29) is 0 Å². The van der Waals surface area contributed by atoms with Crippen LogP contribution < -0.4 is 16.1 Å². The molecule has 0 aliphatic carbocycles. The van der Waals surface area contributed by atoms with Crippen LogP contribution in [-0.4, -0.2) is 24.2 Å². The van der Waals surface area contributed by atoms with Gasteiger partial charge < -0.3 is 10.3 Å². The summed E-state index contributed by atoms with van der Waals surface area (Å²) in [7, 11) is -0.693. The fourth-order valence-electron chi connectivity index (χ4n) is 1.22. The molecule has 0 unspecified atom stereocenters. The molecular formula is C10H13BF3N3O2. The number of carbonyl (C=O) groups is 1. The van der Waals surface area contributed by atoms with Crippen LogP contribution in [-0.2, 0) is 11.3 Å². The van der Waals surface area contributed by atoms with Crippen LogP contribution in [0.5, 0.6) is 0 Å². The van der Waals surface area contributed by atoms with Crippen LogP contribution >= 0.6 is 0 Å². The highest BCUT2D eigenvalue weighted by Gasteiger charge is 2.38. The minimum atomic E-state index is -4.93. The highest BCUT2D eigenvalue weighted by atomic mass is 19.4. The average molecular weight is 275 g/mol. The molecule has 0 heterocycles. The SMILES string of the molecule is CB(O)NCc1cccc(NNC(=O)C(F)(F)F)c1. The maximum Gasteiger partial charge on any atom is 0.472 e. The summed E-state index contributed by atoms with van der Waals surface area (Å²) in [5, 5.41) is 11.8. The number of halogens is 3. The zero-order chi connectivity index (χ0) is 14.5. The lowest BCUT2D eigenvalue weighted by Gasteiger charge is -2.11. The van der Waals surface area contributed by atoms with Crippen LogP contribution in [0, 0.1) is 0 Å². The summed E-state index contributed by atoms with van der Waals surface area (Å²) < 4.78 is 35.9. The van der Waals surface area contributed by atoms with Gasteiger partial charge in [-0.3, -0.25) is 15.6 Å². The first-order valence-electron chi connectivity index (χ1n) is 5.42. The van der Waals surface area contributed by atoms with Crippen LogP contribution in [0.2, 0.25) is 6.82 Å². The largest absolute Gasteiger partial charge is 0.472 e. The Labute approximate surface area is 108 Å². The summed E-state index contributed by atoms with van der Waals surface area (Å²) in [5.74, 6) is -2.07. The summed E-state index contributed by atoms with van der Waals surface area (Å²) in [6, 6.07) is 6.39. The smallest absolute Gasteiger partial charge is 0.437 e. The van der Waals surface area contributed by atoms with Gasteiger partial charge in [0.15, 0.2) is 0 Å². The number of amides is 1. The number of benzene rings is 1. The molecule has 19 heavy (non-hydrogen) atoms. The first-order valence-corrected chi connectivity index (χ1v) is 5.42. The number of alkyl halides is 3. The van der Waals surface area contributed by atoms with Crippen LogP contribution in [0.25, 0.3) is 0 Å². The van der Waals surface area contributed by atoms with E-state index in [2.05, 4.69) is 10.7 Å². The highest BCUT2D eigenvalue weighted by Crippen LogP contribution is 2.15. The summed E-state index contributed by atoms with van der Waals surface area (Å²) in [4.78, 5) is 10.6. The van der Waals surface area contributed by atoms with Crippen LogP contribution in [0.3, 0.4) is 0 Å². The van der Waals surface area contributed by atoms with E-state index in [0.717, 1.165) is 5.56 Å². The maximum absolute atomic E-state index is 12.0. The molecule has 0 bridgehead atoms. The van der Waals surface area contributed by atoms with E-state index in [1.165, 1.54) is 6.07 Å². The molecule has 0 saturated heterocycles. The Hall–Kier alpha value is -1.74. The van der Waals surface area contributed by atoms with Crippen molar-refractivity contribution in [3.8, 4) is 0 Å². The van der Waals surface area contributed by atoms with Crippen molar-refractivity contribution in [2.45, 2.75) is 19.5 Å². The Bertz CT molecular complexity index is 440. The molecule has 104 valence electrons. The van der Waals surface area contributed by atoms with E-state index in [1.807, 2.05) is 0 Å². The molecule has 1 aromatic carbocycles.